The van der Waals surface area contributed by atoms with Crippen molar-refractivity contribution in [1.29, 1.82) is 0 Å². The zero-order valence-electron chi connectivity index (χ0n) is 12.2. The second kappa shape index (κ2) is 6.12. The molecule has 3 atom stereocenters. The molecule has 1 heterocycles. The van der Waals surface area contributed by atoms with Crippen molar-refractivity contribution in [2.45, 2.75) is 43.9 Å². The van der Waals surface area contributed by atoms with E-state index in [2.05, 4.69) is 5.32 Å². The zero-order valence-corrected chi connectivity index (χ0v) is 12.2. The van der Waals surface area contributed by atoms with Gasteiger partial charge in [0.1, 0.15) is 0 Å². The summed E-state index contributed by atoms with van der Waals surface area (Å²) in [5.74, 6) is -3.03. The summed E-state index contributed by atoms with van der Waals surface area (Å²) in [6, 6.07) is 0. The van der Waals surface area contributed by atoms with Gasteiger partial charge in [-0.05, 0) is 25.8 Å². The standard InChI is InChI=1S/C14H23F3N2O2/c1-19(9-13(21)6-7-18-8-13)12(20)10-4-2-3-5-11(10)14(15,16)17/h10-11,18,21H,2-9H2,1H3. The largest absolute Gasteiger partial charge is 0.392 e. The molecule has 2 fully saturated rings. The summed E-state index contributed by atoms with van der Waals surface area (Å²) < 4.78 is 39.2. The summed E-state index contributed by atoms with van der Waals surface area (Å²) in [7, 11) is 1.49. The number of hydrogen-bond donors (Lipinski definition) is 2. The van der Waals surface area contributed by atoms with E-state index in [1.807, 2.05) is 0 Å². The fourth-order valence-electron chi connectivity index (χ4n) is 3.49. The van der Waals surface area contributed by atoms with Crippen LogP contribution in [0.2, 0.25) is 0 Å². The average molecular weight is 308 g/mol. The number of likely N-dealkylation sites (N-methyl/N-ethyl adjacent to an activating group) is 1. The van der Waals surface area contributed by atoms with Gasteiger partial charge in [-0.25, -0.2) is 0 Å². The number of aliphatic hydroxyl groups is 1. The lowest BCUT2D eigenvalue weighted by molar-refractivity contribution is -0.201. The molecule has 1 aliphatic carbocycles. The Hall–Kier alpha value is -0.820. The molecule has 2 rings (SSSR count). The highest BCUT2D eigenvalue weighted by Crippen LogP contribution is 2.42. The van der Waals surface area contributed by atoms with Gasteiger partial charge in [0.25, 0.3) is 0 Å². The predicted octanol–water partition coefficient (Wildman–Crippen LogP) is 1.54. The first-order valence-corrected chi connectivity index (χ1v) is 7.48. The number of rotatable bonds is 3. The first-order valence-electron chi connectivity index (χ1n) is 7.48. The number of halogens is 3. The lowest BCUT2D eigenvalue weighted by Gasteiger charge is -2.36. The van der Waals surface area contributed by atoms with E-state index in [-0.39, 0.29) is 19.4 Å². The Morgan fingerprint density at radius 1 is 1.38 bits per heavy atom. The SMILES string of the molecule is CN(CC1(O)CCNC1)C(=O)C1CCCCC1C(F)(F)F. The van der Waals surface area contributed by atoms with Crippen molar-refractivity contribution in [1.82, 2.24) is 10.2 Å². The Bertz CT molecular complexity index is 381. The van der Waals surface area contributed by atoms with Gasteiger partial charge in [-0.1, -0.05) is 12.8 Å². The summed E-state index contributed by atoms with van der Waals surface area (Å²) in [6.45, 7) is 1.12. The van der Waals surface area contributed by atoms with Gasteiger partial charge >= 0.3 is 6.18 Å². The van der Waals surface area contributed by atoms with Crippen molar-refractivity contribution in [3.05, 3.63) is 0 Å². The highest BCUT2D eigenvalue weighted by atomic mass is 19.4. The molecule has 0 radical (unpaired) electrons. The van der Waals surface area contributed by atoms with Crippen LogP contribution in [0, 0.1) is 11.8 Å². The van der Waals surface area contributed by atoms with Gasteiger partial charge in [-0.2, -0.15) is 13.2 Å². The highest BCUT2D eigenvalue weighted by molar-refractivity contribution is 5.79. The quantitative estimate of drug-likeness (QED) is 0.831. The van der Waals surface area contributed by atoms with Crippen molar-refractivity contribution in [2.24, 2.45) is 11.8 Å². The van der Waals surface area contributed by atoms with E-state index in [1.165, 1.54) is 11.9 Å². The van der Waals surface area contributed by atoms with Gasteiger partial charge < -0.3 is 15.3 Å². The topological polar surface area (TPSA) is 52.6 Å². The van der Waals surface area contributed by atoms with Crippen molar-refractivity contribution in [3.8, 4) is 0 Å². The number of nitrogens with one attached hydrogen (secondary N) is 1. The molecule has 0 bridgehead atoms. The third kappa shape index (κ3) is 3.88. The number of carbonyl (C=O) groups excluding carboxylic acids is 1. The lowest BCUT2D eigenvalue weighted by atomic mass is 9.78. The van der Waals surface area contributed by atoms with E-state index in [9.17, 15) is 23.1 Å². The molecule has 122 valence electrons. The van der Waals surface area contributed by atoms with Crippen molar-refractivity contribution in [3.63, 3.8) is 0 Å². The molecule has 4 nitrogen and oxygen atoms in total. The van der Waals surface area contributed by atoms with Crippen LogP contribution in [0.25, 0.3) is 0 Å². The molecule has 0 spiro atoms. The second-order valence-corrected chi connectivity index (χ2v) is 6.38. The van der Waals surface area contributed by atoms with Gasteiger partial charge in [-0.3, -0.25) is 4.79 Å². The molecule has 0 aromatic heterocycles. The molecule has 1 amide bonds. The van der Waals surface area contributed by atoms with Crippen molar-refractivity contribution in [2.75, 3.05) is 26.7 Å². The first kappa shape index (κ1) is 16.5. The summed E-state index contributed by atoms with van der Waals surface area (Å²) in [5, 5.41) is 13.3. The van der Waals surface area contributed by atoms with Gasteiger partial charge in [0.15, 0.2) is 0 Å². The Labute approximate surface area is 122 Å². The van der Waals surface area contributed by atoms with E-state index in [0.717, 1.165) is 0 Å². The maximum atomic E-state index is 13.1. The molecule has 1 aliphatic heterocycles. The molecule has 21 heavy (non-hydrogen) atoms. The number of β-amino-alcohol motifs (C(OH)–C–C–N with tert-alkyl or cyclic N) is 1. The van der Waals surface area contributed by atoms with Crippen molar-refractivity contribution >= 4 is 5.91 Å². The summed E-state index contributed by atoms with van der Waals surface area (Å²) in [6.07, 6.45) is -2.33. The van der Waals surface area contributed by atoms with Crippen LogP contribution >= 0.6 is 0 Å². The van der Waals surface area contributed by atoms with E-state index in [1.54, 1.807) is 0 Å². The van der Waals surface area contributed by atoms with E-state index < -0.39 is 29.5 Å². The Balaban J connectivity index is 2.02. The summed E-state index contributed by atoms with van der Waals surface area (Å²) >= 11 is 0. The average Bonchev–Trinajstić information content (AvgIpc) is 2.83. The van der Waals surface area contributed by atoms with E-state index in [4.69, 9.17) is 0 Å². The van der Waals surface area contributed by atoms with Crippen LogP contribution in [-0.2, 0) is 4.79 Å². The van der Waals surface area contributed by atoms with Crippen LogP contribution in [-0.4, -0.2) is 54.4 Å². The van der Waals surface area contributed by atoms with Gasteiger partial charge in [-0.15, -0.1) is 0 Å². The molecule has 1 saturated carbocycles. The minimum atomic E-state index is -4.33. The fourth-order valence-corrected chi connectivity index (χ4v) is 3.49. The molecule has 2 N–H and O–H groups in total. The Kier molecular flexibility index (Phi) is 4.82. The molecule has 7 heteroatoms. The molecule has 1 saturated heterocycles. The minimum absolute atomic E-state index is 0.0274. The normalized spacial score (nSPS) is 34.0. The molecule has 2 aliphatic rings. The zero-order chi connectivity index (χ0) is 15.7. The van der Waals surface area contributed by atoms with Crippen LogP contribution in [0.15, 0.2) is 0 Å². The molecular weight excluding hydrogens is 285 g/mol. The summed E-state index contributed by atoms with van der Waals surface area (Å²) in [5.41, 5.74) is -1.02. The first-order chi connectivity index (χ1) is 9.73. The Morgan fingerprint density at radius 2 is 2.05 bits per heavy atom. The van der Waals surface area contributed by atoms with Crippen LogP contribution in [0.5, 0.6) is 0 Å². The smallest absolute Gasteiger partial charge is 0.387 e. The molecule has 3 unspecified atom stereocenters. The van der Waals surface area contributed by atoms with Crippen LogP contribution < -0.4 is 5.32 Å². The van der Waals surface area contributed by atoms with E-state index in [0.29, 0.717) is 32.4 Å². The Morgan fingerprint density at radius 3 is 2.62 bits per heavy atom. The maximum absolute atomic E-state index is 13.1. The number of carbonyl (C=O) groups is 1. The van der Waals surface area contributed by atoms with Gasteiger partial charge in [0.2, 0.25) is 5.91 Å². The number of hydrogen-bond acceptors (Lipinski definition) is 3. The van der Waals surface area contributed by atoms with Gasteiger partial charge in [0.05, 0.1) is 18.1 Å². The van der Waals surface area contributed by atoms with Crippen LogP contribution in [0.4, 0.5) is 13.2 Å². The number of nitrogens with zero attached hydrogens (tertiary/aromatic N) is 1. The lowest BCUT2D eigenvalue weighted by Crippen LogP contribution is -2.49. The molecule has 0 aromatic rings. The monoisotopic (exact) mass is 308 g/mol. The number of amides is 1. The van der Waals surface area contributed by atoms with Gasteiger partial charge in [0, 0.05) is 19.5 Å². The highest BCUT2D eigenvalue weighted by Gasteiger charge is 2.49. The second-order valence-electron chi connectivity index (χ2n) is 6.38. The van der Waals surface area contributed by atoms with Crippen molar-refractivity contribution < 1.29 is 23.1 Å². The fraction of sp³-hybridized carbons (Fsp3) is 0.929. The third-order valence-corrected chi connectivity index (χ3v) is 4.63. The maximum Gasteiger partial charge on any atom is 0.392 e. The third-order valence-electron chi connectivity index (χ3n) is 4.63. The predicted molar refractivity (Wildman–Crippen MR) is 71.6 cm³/mol. The number of alkyl halides is 3. The van der Waals surface area contributed by atoms with E-state index >= 15 is 0 Å². The minimum Gasteiger partial charge on any atom is -0.387 e. The molecular formula is C14H23F3N2O2. The van der Waals surface area contributed by atoms with Crippen LogP contribution in [0.3, 0.4) is 0 Å². The summed E-state index contributed by atoms with van der Waals surface area (Å²) in [4.78, 5) is 13.7. The van der Waals surface area contributed by atoms with Crippen LogP contribution in [0.1, 0.15) is 32.1 Å². The molecule has 0 aromatic carbocycles.